The molecule has 110 valence electrons. The first-order valence-corrected chi connectivity index (χ1v) is 7.63. The summed E-state index contributed by atoms with van der Waals surface area (Å²) < 4.78 is 0.956. The fourth-order valence-electron chi connectivity index (χ4n) is 1.60. The minimum absolute atomic E-state index is 0.0202. The number of hydrogen-bond donors (Lipinski definition) is 2. The Bertz CT molecular complexity index is 720. The number of nitrogen functional groups attached to an aromatic ring is 1. The van der Waals surface area contributed by atoms with E-state index in [-0.39, 0.29) is 22.0 Å². The van der Waals surface area contributed by atoms with E-state index in [9.17, 15) is 14.9 Å². The number of carbonyl (C=O) groups excluding carboxylic acids is 1. The van der Waals surface area contributed by atoms with Gasteiger partial charge >= 0.3 is 0 Å². The number of nitrogens with one attached hydrogen (secondary N) is 1. The van der Waals surface area contributed by atoms with E-state index in [0.717, 1.165) is 14.7 Å². The summed E-state index contributed by atoms with van der Waals surface area (Å²) in [6.45, 7) is 0.324. The summed E-state index contributed by atoms with van der Waals surface area (Å²) in [6, 6.07) is 6.16. The van der Waals surface area contributed by atoms with Crippen LogP contribution in [0, 0.1) is 10.1 Å². The molecule has 0 fully saturated rings. The van der Waals surface area contributed by atoms with Gasteiger partial charge in [0.15, 0.2) is 0 Å². The van der Waals surface area contributed by atoms with Crippen molar-refractivity contribution in [2.75, 3.05) is 5.73 Å². The first kappa shape index (κ1) is 15.7. The van der Waals surface area contributed by atoms with Crippen LogP contribution in [0.2, 0.25) is 5.02 Å². The minimum atomic E-state index is -0.672. The van der Waals surface area contributed by atoms with Gasteiger partial charge in [0.05, 0.1) is 20.3 Å². The largest absolute Gasteiger partial charge is 0.392 e. The zero-order valence-corrected chi connectivity index (χ0v) is 13.6. The van der Waals surface area contributed by atoms with Crippen LogP contribution in [-0.4, -0.2) is 10.8 Å². The monoisotopic (exact) mass is 389 g/mol. The van der Waals surface area contributed by atoms with Crippen LogP contribution in [0.1, 0.15) is 15.2 Å². The van der Waals surface area contributed by atoms with E-state index in [2.05, 4.69) is 21.2 Å². The molecule has 1 aromatic heterocycles. The number of carbonyl (C=O) groups is 1. The lowest BCUT2D eigenvalue weighted by Crippen LogP contribution is -2.22. The van der Waals surface area contributed by atoms with Crippen LogP contribution < -0.4 is 11.1 Å². The van der Waals surface area contributed by atoms with Crippen molar-refractivity contribution in [3.63, 3.8) is 0 Å². The SMILES string of the molecule is Nc1c(Cl)cc(C(=O)NCc2ccc(Br)s2)cc1[N+](=O)[O-]. The molecule has 1 amide bonds. The number of nitrogens with zero attached hydrogens (tertiary/aromatic N) is 1. The van der Waals surface area contributed by atoms with Crippen molar-refractivity contribution in [2.24, 2.45) is 0 Å². The number of anilines is 1. The maximum atomic E-state index is 12.0. The van der Waals surface area contributed by atoms with Crippen molar-refractivity contribution >= 4 is 56.1 Å². The van der Waals surface area contributed by atoms with Crippen molar-refractivity contribution in [3.05, 3.63) is 53.6 Å². The molecule has 0 spiro atoms. The number of nitrogens with two attached hydrogens (primary N) is 1. The molecule has 2 rings (SSSR count). The lowest BCUT2D eigenvalue weighted by molar-refractivity contribution is -0.383. The maximum Gasteiger partial charge on any atom is 0.294 e. The molecule has 0 saturated heterocycles. The standard InChI is InChI=1S/C12H9BrClN3O3S/c13-10-2-1-7(21-10)5-16-12(18)6-3-8(14)11(15)9(4-6)17(19)20/h1-4H,5,15H2,(H,16,18). The van der Waals surface area contributed by atoms with Crippen LogP contribution >= 0.6 is 38.9 Å². The van der Waals surface area contributed by atoms with Gasteiger partial charge in [0.25, 0.3) is 11.6 Å². The van der Waals surface area contributed by atoms with Crippen LogP contribution in [0.3, 0.4) is 0 Å². The Hall–Kier alpha value is -1.64. The van der Waals surface area contributed by atoms with Gasteiger partial charge in [-0.05, 0) is 34.1 Å². The lowest BCUT2D eigenvalue weighted by Gasteiger charge is -2.06. The van der Waals surface area contributed by atoms with Crippen molar-refractivity contribution < 1.29 is 9.72 Å². The maximum absolute atomic E-state index is 12.0. The molecule has 0 bridgehead atoms. The van der Waals surface area contributed by atoms with Crippen LogP contribution in [0.4, 0.5) is 11.4 Å². The van der Waals surface area contributed by atoms with E-state index in [0.29, 0.717) is 6.54 Å². The molecule has 0 aliphatic carbocycles. The number of rotatable bonds is 4. The molecule has 1 heterocycles. The number of thiophene rings is 1. The summed E-state index contributed by atoms with van der Waals surface area (Å²) in [5, 5.41) is 13.5. The molecule has 0 radical (unpaired) electrons. The highest BCUT2D eigenvalue weighted by atomic mass is 79.9. The highest BCUT2D eigenvalue weighted by Gasteiger charge is 2.19. The van der Waals surface area contributed by atoms with Gasteiger partial charge in [0.2, 0.25) is 0 Å². The van der Waals surface area contributed by atoms with Crippen LogP contribution in [0.5, 0.6) is 0 Å². The molecule has 0 aliphatic rings. The van der Waals surface area contributed by atoms with Crippen molar-refractivity contribution in [2.45, 2.75) is 6.54 Å². The second kappa shape index (κ2) is 6.42. The highest BCUT2D eigenvalue weighted by molar-refractivity contribution is 9.11. The number of benzene rings is 1. The zero-order chi connectivity index (χ0) is 15.6. The fourth-order valence-corrected chi connectivity index (χ4v) is 3.24. The molecule has 0 aliphatic heterocycles. The molecule has 2 aromatic rings. The second-order valence-electron chi connectivity index (χ2n) is 4.04. The van der Waals surface area contributed by atoms with Crippen LogP contribution in [0.15, 0.2) is 28.1 Å². The van der Waals surface area contributed by atoms with Crippen LogP contribution in [-0.2, 0) is 6.54 Å². The number of amides is 1. The molecule has 1 aromatic carbocycles. The number of nitro benzene ring substituents is 1. The summed E-state index contributed by atoms with van der Waals surface area (Å²) in [4.78, 5) is 23.2. The predicted octanol–water partition coefficient (Wildman–Crippen LogP) is 3.58. The molecular formula is C12H9BrClN3O3S. The Balaban J connectivity index is 2.17. The normalized spacial score (nSPS) is 10.4. The summed E-state index contributed by atoms with van der Waals surface area (Å²) in [5.74, 6) is -0.454. The Morgan fingerprint density at radius 3 is 2.76 bits per heavy atom. The van der Waals surface area contributed by atoms with Gasteiger partial charge in [-0.3, -0.25) is 14.9 Å². The molecule has 0 saturated carbocycles. The van der Waals surface area contributed by atoms with Gasteiger partial charge < -0.3 is 11.1 Å². The first-order valence-electron chi connectivity index (χ1n) is 5.64. The molecule has 21 heavy (non-hydrogen) atoms. The van der Waals surface area contributed by atoms with Crippen molar-refractivity contribution in [1.82, 2.24) is 5.32 Å². The molecule has 9 heteroatoms. The van der Waals surface area contributed by atoms with Gasteiger partial charge in [0.1, 0.15) is 5.69 Å². The smallest absolute Gasteiger partial charge is 0.294 e. The first-order chi connectivity index (χ1) is 9.88. The number of halogens is 2. The summed E-state index contributed by atoms with van der Waals surface area (Å²) in [6.07, 6.45) is 0. The van der Waals surface area contributed by atoms with E-state index in [1.807, 2.05) is 12.1 Å². The quantitative estimate of drug-likeness (QED) is 0.473. The van der Waals surface area contributed by atoms with E-state index in [1.165, 1.54) is 17.4 Å². The summed E-state index contributed by atoms with van der Waals surface area (Å²) in [7, 11) is 0. The molecule has 0 unspecified atom stereocenters. The highest BCUT2D eigenvalue weighted by Crippen LogP contribution is 2.30. The Morgan fingerprint density at radius 2 is 2.19 bits per heavy atom. The van der Waals surface area contributed by atoms with Gasteiger partial charge in [-0.2, -0.15) is 0 Å². The minimum Gasteiger partial charge on any atom is -0.392 e. The molecule has 6 nitrogen and oxygen atoms in total. The summed E-state index contributed by atoms with van der Waals surface area (Å²) >= 11 is 10.6. The fraction of sp³-hybridized carbons (Fsp3) is 0.0833. The van der Waals surface area contributed by atoms with Gasteiger partial charge in [-0.25, -0.2) is 0 Å². The third kappa shape index (κ3) is 3.72. The van der Waals surface area contributed by atoms with E-state index >= 15 is 0 Å². The van der Waals surface area contributed by atoms with E-state index in [4.69, 9.17) is 17.3 Å². The topological polar surface area (TPSA) is 98.3 Å². The number of nitro groups is 1. The van der Waals surface area contributed by atoms with E-state index in [1.54, 1.807) is 0 Å². The van der Waals surface area contributed by atoms with Gasteiger partial charge in [-0.15, -0.1) is 11.3 Å². The molecule has 0 atom stereocenters. The Morgan fingerprint density at radius 1 is 1.48 bits per heavy atom. The van der Waals surface area contributed by atoms with Gasteiger partial charge in [-0.1, -0.05) is 11.6 Å². The van der Waals surface area contributed by atoms with Crippen molar-refractivity contribution in [1.29, 1.82) is 0 Å². The van der Waals surface area contributed by atoms with E-state index < -0.39 is 10.8 Å². The third-order valence-electron chi connectivity index (χ3n) is 2.62. The Kier molecular flexibility index (Phi) is 4.81. The zero-order valence-electron chi connectivity index (χ0n) is 10.4. The molecule has 3 N–H and O–H groups in total. The second-order valence-corrected chi connectivity index (χ2v) is 6.99. The van der Waals surface area contributed by atoms with Crippen molar-refractivity contribution in [3.8, 4) is 0 Å². The van der Waals surface area contributed by atoms with Gasteiger partial charge in [0, 0.05) is 16.5 Å². The third-order valence-corrected chi connectivity index (χ3v) is 4.55. The Labute approximate surface area is 137 Å². The average Bonchev–Trinajstić information content (AvgIpc) is 2.84. The average molecular weight is 391 g/mol. The lowest BCUT2D eigenvalue weighted by atomic mass is 10.1. The predicted molar refractivity (Wildman–Crippen MR) is 85.7 cm³/mol. The summed E-state index contributed by atoms with van der Waals surface area (Å²) in [5.41, 5.74) is 5.07. The van der Waals surface area contributed by atoms with Crippen LogP contribution in [0.25, 0.3) is 0 Å². The molecular weight excluding hydrogens is 382 g/mol. The number of hydrogen-bond acceptors (Lipinski definition) is 5.